The predicted octanol–water partition coefficient (Wildman–Crippen LogP) is 5.72. The lowest BCUT2D eigenvalue weighted by atomic mass is 9.82. The van der Waals surface area contributed by atoms with Crippen LogP contribution in [0.25, 0.3) is 5.57 Å². The number of rotatable bonds is 9. The van der Waals surface area contributed by atoms with E-state index in [1.165, 1.54) is 28.7 Å². The Bertz CT molecular complexity index is 923. The van der Waals surface area contributed by atoms with E-state index in [9.17, 15) is 0 Å². The summed E-state index contributed by atoms with van der Waals surface area (Å²) >= 11 is 0. The fourth-order valence-electron chi connectivity index (χ4n) is 4.27. The third-order valence-corrected chi connectivity index (χ3v) is 6.43. The van der Waals surface area contributed by atoms with Crippen LogP contribution in [-0.4, -0.2) is 38.6 Å². The first-order valence-corrected chi connectivity index (χ1v) is 11.6. The second kappa shape index (κ2) is 9.05. The van der Waals surface area contributed by atoms with E-state index in [0.717, 1.165) is 37.6 Å². The number of benzene rings is 2. The first-order chi connectivity index (χ1) is 15.2. The molecule has 31 heavy (non-hydrogen) atoms. The Morgan fingerprint density at radius 1 is 0.935 bits per heavy atom. The summed E-state index contributed by atoms with van der Waals surface area (Å²) < 4.78 is 22.3. The molecule has 2 saturated heterocycles. The molecule has 4 nitrogen and oxygen atoms in total. The lowest BCUT2D eigenvalue weighted by molar-refractivity contribution is 0.260. The van der Waals surface area contributed by atoms with Crippen LogP contribution >= 0.6 is 0 Å². The highest BCUT2D eigenvalue weighted by Gasteiger charge is 2.25. The van der Waals surface area contributed by atoms with Gasteiger partial charge in [-0.3, -0.25) is 0 Å². The van der Waals surface area contributed by atoms with Crippen molar-refractivity contribution in [3.05, 3.63) is 65.2 Å². The molecule has 4 heteroatoms. The van der Waals surface area contributed by atoms with E-state index in [1.807, 2.05) is 0 Å². The van der Waals surface area contributed by atoms with Gasteiger partial charge in [-0.1, -0.05) is 38.1 Å². The van der Waals surface area contributed by atoms with Gasteiger partial charge in [-0.25, -0.2) is 0 Å². The van der Waals surface area contributed by atoms with Crippen LogP contribution in [0.4, 0.5) is 0 Å². The number of hydrogen-bond acceptors (Lipinski definition) is 4. The molecule has 0 amide bonds. The van der Waals surface area contributed by atoms with Crippen molar-refractivity contribution in [3.8, 4) is 11.5 Å². The highest BCUT2D eigenvalue weighted by atomic mass is 16.6. The van der Waals surface area contributed by atoms with Gasteiger partial charge < -0.3 is 18.9 Å². The average Bonchev–Trinajstić information content (AvgIpc) is 3.72. The monoisotopic (exact) mass is 420 g/mol. The Hall–Kier alpha value is -2.30. The highest BCUT2D eigenvalue weighted by Crippen LogP contribution is 2.38. The maximum absolute atomic E-state index is 6.02. The van der Waals surface area contributed by atoms with Gasteiger partial charge >= 0.3 is 0 Å². The molecule has 2 fully saturated rings. The van der Waals surface area contributed by atoms with E-state index in [-0.39, 0.29) is 6.10 Å². The Balaban J connectivity index is 1.23. The summed E-state index contributed by atoms with van der Waals surface area (Å²) in [4.78, 5) is 0. The number of hydrogen-bond donors (Lipinski definition) is 0. The zero-order valence-electron chi connectivity index (χ0n) is 18.5. The molecule has 0 aromatic heterocycles. The third-order valence-electron chi connectivity index (χ3n) is 6.43. The van der Waals surface area contributed by atoms with Crippen molar-refractivity contribution in [2.24, 2.45) is 0 Å². The minimum Gasteiger partial charge on any atom is -0.491 e. The zero-order valence-corrected chi connectivity index (χ0v) is 18.5. The van der Waals surface area contributed by atoms with Crippen LogP contribution < -0.4 is 9.47 Å². The van der Waals surface area contributed by atoms with E-state index >= 15 is 0 Å². The Labute approximate surface area is 185 Å². The lowest BCUT2D eigenvalue weighted by Gasteiger charge is -2.24. The van der Waals surface area contributed by atoms with Gasteiger partial charge in [-0.15, -0.1) is 0 Å². The second-order valence-corrected chi connectivity index (χ2v) is 9.21. The van der Waals surface area contributed by atoms with Gasteiger partial charge in [0.15, 0.2) is 0 Å². The van der Waals surface area contributed by atoms with Gasteiger partial charge in [-0.2, -0.15) is 0 Å². The van der Waals surface area contributed by atoms with E-state index < -0.39 is 0 Å². The molecule has 2 aromatic rings. The molecule has 0 bridgehead atoms. The lowest BCUT2D eigenvalue weighted by Crippen LogP contribution is -2.08. The minimum atomic E-state index is 0.283. The van der Waals surface area contributed by atoms with Crippen LogP contribution in [0, 0.1) is 0 Å². The minimum absolute atomic E-state index is 0.283. The second-order valence-electron chi connectivity index (χ2n) is 9.21. The molecule has 2 aromatic carbocycles. The summed E-state index contributed by atoms with van der Waals surface area (Å²) in [5, 5.41) is 0. The quantitative estimate of drug-likeness (QED) is 0.487. The molecule has 1 aliphatic carbocycles. The van der Waals surface area contributed by atoms with Crippen molar-refractivity contribution in [1.82, 2.24) is 0 Å². The molecule has 2 heterocycles. The third kappa shape index (κ3) is 5.31. The number of allylic oxidation sites excluding steroid dienone is 2. The van der Waals surface area contributed by atoms with E-state index in [0.29, 0.717) is 31.2 Å². The highest BCUT2D eigenvalue weighted by molar-refractivity contribution is 5.68. The molecular formula is C27H32O4. The van der Waals surface area contributed by atoms with Crippen molar-refractivity contribution >= 4 is 5.57 Å². The van der Waals surface area contributed by atoms with Gasteiger partial charge in [-0.05, 0) is 77.6 Å². The largest absolute Gasteiger partial charge is 0.491 e. The fraction of sp³-hybridized carbons (Fsp3) is 0.481. The molecule has 3 aliphatic rings. The summed E-state index contributed by atoms with van der Waals surface area (Å²) in [5.74, 6) is 2.94. The zero-order chi connectivity index (χ0) is 21.2. The topological polar surface area (TPSA) is 43.5 Å². The molecule has 2 aliphatic heterocycles. The molecule has 0 N–H and O–H groups in total. The van der Waals surface area contributed by atoms with Gasteiger partial charge in [0.2, 0.25) is 0 Å². The van der Waals surface area contributed by atoms with Gasteiger partial charge in [0.25, 0.3) is 0 Å². The van der Waals surface area contributed by atoms with Gasteiger partial charge in [0.1, 0.15) is 36.9 Å². The molecule has 3 unspecified atom stereocenters. The average molecular weight is 421 g/mol. The van der Waals surface area contributed by atoms with Crippen LogP contribution in [0.2, 0.25) is 0 Å². The SMILES string of the molecule is CC(C)c1cc(C2=CCC(c3ccc(OCC4CO4)cc3)CC2)ccc1OCC1CO1. The molecule has 164 valence electrons. The van der Waals surface area contributed by atoms with Crippen LogP contribution in [-0.2, 0) is 9.47 Å². The van der Waals surface area contributed by atoms with Crippen LogP contribution in [0.15, 0.2) is 48.5 Å². The Morgan fingerprint density at radius 2 is 1.65 bits per heavy atom. The van der Waals surface area contributed by atoms with Crippen LogP contribution in [0.1, 0.15) is 61.6 Å². The first kappa shape index (κ1) is 20.6. The summed E-state index contributed by atoms with van der Waals surface area (Å²) in [5.41, 5.74) is 5.48. The number of epoxide rings is 2. The number of ether oxygens (including phenoxy) is 4. The maximum atomic E-state index is 6.02. The predicted molar refractivity (Wildman–Crippen MR) is 122 cm³/mol. The van der Waals surface area contributed by atoms with Crippen LogP contribution in [0.5, 0.6) is 11.5 Å². The molecule has 5 rings (SSSR count). The van der Waals surface area contributed by atoms with E-state index in [4.69, 9.17) is 18.9 Å². The van der Waals surface area contributed by atoms with Crippen molar-refractivity contribution in [1.29, 1.82) is 0 Å². The Morgan fingerprint density at radius 3 is 2.26 bits per heavy atom. The van der Waals surface area contributed by atoms with Crippen molar-refractivity contribution in [3.63, 3.8) is 0 Å². The molecular weight excluding hydrogens is 388 g/mol. The maximum Gasteiger partial charge on any atom is 0.122 e. The van der Waals surface area contributed by atoms with Gasteiger partial charge in [0.05, 0.1) is 13.2 Å². The van der Waals surface area contributed by atoms with Crippen molar-refractivity contribution < 1.29 is 18.9 Å². The van der Waals surface area contributed by atoms with E-state index in [2.05, 4.69) is 62.4 Å². The van der Waals surface area contributed by atoms with E-state index in [1.54, 1.807) is 0 Å². The molecule has 0 saturated carbocycles. The molecule has 3 atom stereocenters. The summed E-state index contributed by atoms with van der Waals surface area (Å²) in [6.07, 6.45) is 6.38. The van der Waals surface area contributed by atoms with Crippen molar-refractivity contribution in [2.45, 2.75) is 57.2 Å². The summed E-state index contributed by atoms with van der Waals surface area (Å²) in [6.45, 7) is 7.44. The molecule has 0 radical (unpaired) electrons. The van der Waals surface area contributed by atoms with Crippen LogP contribution in [0.3, 0.4) is 0 Å². The first-order valence-electron chi connectivity index (χ1n) is 11.6. The summed E-state index contributed by atoms with van der Waals surface area (Å²) in [6, 6.07) is 15.3. The fourth-order valence-corrected chi connectivity index (χ4v) is 4.27. The molecule has 0 spiro atoms. The van der Waals surface area contributed by atoms with Crippen molar-refractivity contribution in [2.75, 3.05) is 26.4 Å². The van der Waals surface area contributed by atoms with Gasteiger partial charge in [0, 0.05) is 0 Å². The normalized spacial score (nSPS) is 24.6. The Kier molecular flexibility index (Phi) is 6.02. The standard InChI is InChI=1S/C27H32O4/c1-18(2)26-13-22(9-12-27(26)31-17-25-16-30-25)21-5-3-19(4-6-21)20-7-10-23(11-8-20)28-14-24-15-29-24/h5,7-13,18-19,24-25H,3-4,6,14-17H2,1-2H3. The smallest absolute Gasteiger partial charge is 0.122 e. The summed E-state index contributed by atoms with van der Waals surface area (Å²) in [7, 11) is 0.